The summed E-state index contributed by atoms with van der Waals surface area (Å²) in [6.07, 6.45) is 0.437. The van der Waals surface area contributed by atoms with Gasteiger partial charge in [-0.1, -0.05) is 22.8 Å². The summed E-state index contributed by atoms with van der Waals surface area (Å²) < 4.78 is 6.85. The van der Waals surface area contributed by atoms with E-state index in [0.29, 0.717) is 28.7 Å². The van der Waals surface area contributed by atoms with Gasteiger partial charge in [-0.05, 0) is 50.6 Å². The number of anilines is 1. The maximum atomic E-state index is 12.5. The van der Waals surface area contributed by atoms with E-state index < -0.39 is 0 Å². The fraction of sp³-hybridized carbons (Fsp3) is 0.300. The van der Waals surface area contributed by atoms with Crippen molar-refractivity contribution in [2.75, 3.05) is 5.32 Å². The molecule has 2 heterocycles. The highest BCUT2D eigenvalue weighted by Crippen LogP contribution is 2.20. The number of aromatic nitrogens is 3. The number of nitrogens with one attached hydrogen (secondary N) is 1. The molecule has 8 heteroatoms. The summed E-state index contributed by atoms with van der Waals surface area (Å²) >= 11 is 6.06. The van der Waals surface area contributed by atoms with Crippen molar-refractivity contribution >= 4 is 23.2 Å². The lowest BCUT2D eigenvalue weighted by atomic mass is 10.2. The Hall–Kier alpha value is -2.93. The number of aryl methyl sites for hydroxylation is 3. The van der Waals surface area contributed by atoms with E-state index in [4.69, 9.17) is 16.1 Å². The van der Waals surface area contributed by atoms with E-state index >= 15 is 0 Å². The second-order valence-electron chi connectivity index (χ2n) is 6.46. The molecule has 0 unspecified atom stereocenters. The summed E-state index contributed by atoms with van der Waals surface area (Å²) in [6.45, 7) is 6.23. The molecule has 0 saturated carbocycles. The van der Waals surface area contributed by atoms with Crippen LogP contribution in [0.3, 0.4) is 0 Å². The molecule has 0 saturated heterocycles. The lowest BCUT2D eigenvalue weighted by Crippen LogP contribution is -2.23. The zero-order valence-electron chi connectivity index (χ0n) is 16.0. The molecule has 0 aliphatic heterocycles. The largest absolute Gasteiger partial charge is 0.339 e. The Morgan fingerprint density at radius 3 is 2.75 bits per heavy atom. The van der Waals surface area contributed by atoms with E-state index in [-0.39, 0.29) is 30.1 Å². The third kappa shape index (κ3) is 4.31. The Morgan fingerprint density at radius 1 is 1.25 bits per heavy atom. The van der Waals surface area contributed by atoms with Gasteiger partial charge in [0.1, 0.15) is 0 Å². The predicted molar refractivity (Wildman–Crippen MR) is 108 cm³/mol. The predicted octanol–water partition coefficient (Wildman–Crippen LogP) is 3.76. The van der Waals surface area contributed by atoms with Crippen LogP contribution in [0.2, 0.25) is 5.02 Å². The first-order valence-electron chi connectivity index (χ1n) is 8.98. The van der Waals surface area contributed by atoms with Gasteiger partial charge in [-0.2, -0.15) is 4.98 Å². The standard InChI is InChI=1S/C20H21ClN4O3/c1-4-25-13(3)6-8-15(20(25)27)19-23-18(28-24-19)10-9-17(26)22-14-7-5-12(2)16(21)11-14/h5-8,11H,4,9-10H2,1-3H3,(H,22,26). The van der Waals surface area contributed by atoms with Crippen LogP contribution in [-0.4, -0.2) is 20.6 Å². The number of rotatable bonds is 6. The van der Waals surface area contributed by atoms with Crippen molar-refractivity contribution in [2.24, 2.45) is 0 Å². The Balaban J connectivity index is 1.66. The van der Waals surface area contributed by atoms with Crippen LogP contribution in [0.5, 0.6) is 0 Å². The van der Waals surface area contributed by atoms with E-state index in [1.807, 2.05) is 32.9 Å². The molecule has 7 nitrogen and oxygen atoms in total. The maximum Gasteiger partial charge on any atom is 0.261 e. The van der Waals surface area contributed by atoms with E-state index in [2.05, 4.69) is 15.5 Å². The fourth-order valence-corrected chi connectivity index (χ4v) is 2.99. The van der Waals surface area contributed by atoms with Crippen LogP contribution >= 0.6 is 11.6 Å². The Bertz CT molecular complexity index is 1070. The van der Waals surface area contributed by atoms with Crippen LogP contribution in [0, 0.1) is 13.8 Å². The summed E-state index contributed by atoms with van der Waals surface area (Å²) in [6, 6.07) is 8.87. The molecule has 1 aromatic carbocycles. The molecule has 0 radical (unpaired) electrons. The average molecular weight is 401 g/mol. The molecule has 0 fully saturated rings. The van der Waals surface area contributed by atoms with Gasteiger partial charge in [-0.15, -0.1) is 0 Å². The molecule has 146 valence electrons. The molecule has 1 amide bonds. The van der Waals surface area contributed by atoms with E-state index in [1.165, 1.54) is 0 Å². The maximum absolute atomic E-state index is 12.5. The first-order chi connectivity index (χ1) is 13.4. The van der Waals surface area contributed by atoms with Crippen LogP contribution in [0.25, 0.3) is 11.4 Å². The van der Waals surface area contributed by atoms with Crippen molar-refractivity contribution in [1.29, 1.82) is 0 Å². The Kier molecular flexibility index (Phi) is 5.94. The summed E-state index contributed by atoms with van der Waals surface area (Å²) in [7, 11) is 0. The molecule has 0 atom stereocenters. The van der Waals surface area contributed by atoms with Crippen molar-refractivity contribution < 1.29 is 9.32 Å². The number of pyridine rings is 1. The monoisotopic (exact) mass is 400 g/mol. The summed E-state index contributed by atoms with van der Waals surface area (Å²) in [5.74, 6) is 0.339. The van der Waals surface area contributed by atoms with Crippen LogP contribution in [0.1, 0.15) is 30.5 Å². The summed E-state index contributed by atoms with van der Waals surface area (Å²) in [5, 5.41) is 7.26. The number of hydrogen-bond acceptors (Lipinski definition) is 5. The van der Waals surface area contributed by atoms with Gasteiger partial charge in [0.25, 0.3) is 5.56 Å². The van der Waals surface area contributed by atoms with E-state index in [1.54, 1.807) is 22.8 Å². The third-order valence-corrected chi connectivity index (χ3v) is 4.85. The van der Waals surface area contributed by atoms with Crippen molar-refractivity contribution in [1.82, 2.24) is 14.7 Å². The number of amides is 1. The minimum atomic E-state index is -0.191. The average Bonchev–Trinajstić information content (AvgIpc) is 3.12. The molecular weight excluding hydrogens is 380 g/mol. The first kappa shape index (κ1) is 19.8. The van der Waals surface area contributed by atoms with Gasteiger partial charge in [0.15, 0.2) is 0 Å². The van der Waals surface area contributed by atoms with Crippen LogP contribution < -0.4 is 10.9 Å². The molecule has 2 aromatic heterocycles. The smallest absolute Gasteiger partial charge is 0.261 e. The lowest BCUT2D eigenvalue weighted by molar-refractivity contribution is -0.116. The van der Waals surface area contributed by atoms with E-state index in [0.717, 1.165) is 11.3 Å². The Labute approximate surface area is 167 Å². The minimum Gasteiger partial charge on any atom is -0.339 e. The number of carbonyl (C=O) groups is 1. The minimum absolute atomic E-state index is 0.163. The SMILES string of the molecule is CCn1c(C)ccc(-c2noc(CCC(=O)Nc3ccc(C)c(Cl)c3)n2)c1=O. The van der Waals surface area contributed by atoms with Crippen molar-refractivity contribution in [3.8, 4) is 11.4 Å². The number of nitrogens with zero attached hydrogens (tertiary/aromatic N) is 3. The topological polar surface area (TPSA) is 90.0 Å². The molecule has 0 spiro atoms. The molecule has 3 rings (SSSR count). The molecule has 0 bridgehead atoms. The molecule has 28 heavy (non-hydrogen) atoms. The zero-order chi connectivity index (χ0) is 20.3. The van der Waals surface area contributed by atoms with Crippen LogP contribution in [0.4, 0.5) is 5.69 Å². The molecule has 0 aliphatic carbocycles. The highest BCUT2D eigenvalue weighted by atomic mass is 35.5. The lowest BCUT2D eigenvalue weighted by Gasteiger charge is -2.07. The second kappa shape index (κ2) is 8.39. The summed E-state index contributed by atoms with van der Waals surface area (Å²) in [5.41, 5.74) is 2.65. The summed E-state index contributed by atoms with van der Waals surface area (Å²) in [4.78, 5) is 28.9. The quantitative estimate of drug-likeness (QED) is 0.680. The third-order valence-electron chi connectivity index (χ3n) is 4.44. The zero-order valence-corrected chi connectivity index (χ0v) is 16.7. The highest BCUT2D eigenvalue weighted by molar-refractivity contribution is 6.31. The second-order valence-corrected chi connectivity index (χ2v) is 6.87. The van der Waals surface area contributed by atoms with Crippen molar-refractivity contribution in [2.45, 2.75) is 40.2 Å². The highest BCUT2D eigenvalue weighted by Gasteiger charge is 2.15. The van der Waals surface area contributed by atoms with Crippen LogP contribution in [-0.2, 0) is 17.8 Å². The first-order valence-corrected chi connectivity index (χ1v) is 9.36. The fourth-order valence-electron chi connectivity index (χ4n) is 2.81. The van der Waals surface area contributed by atoms with Gasteiger partial charge in [0.05, 0.1) is 5.56 Å². The molecule has 1 N–H and O–H groups in total. The number of halogens is 1. The molecule has 3 aromatic rings. The van der Waals surface area contributed by atoms with Crippen molar-refractivity contribution in [3.63, 3.8) is 0 Å². The Morgan fingerprint density at radius 2 is 2.04 bits per heavy atom. The van der Waals surface area contributed by atoms with Gasteiger partial charge >= 0.3 is 0 Å². The normalized spacial score (nSPS) is 10.9. The number of hydrogen-bond donors (Lipinski definition) is 1. The number of benzene rings is 1. The van der Waals surface area contributed by atoms with Gasteiger partial charge in [0, 0.05) is 35.8 Å². The molecular formula is C20H21ClN4O3. The van der Waals surface area contributed by atoms with Gasteiger partial charge in [0.2, 0.25) is 17.6 Å². The van der Waals surface area contributed by atoms with Gasteiger partial charge in [-0.3, -0.25) is 9.59 Å². The van der Waals surface area contributed by atoms with E-state index in [9.17, 15) is 9.59 Å². The van der Waals surface area contributed by atoms with Gasteiger partial charge < -0.3 is 14.4 Å². The van der Waals surface area contributed by atoms with Crippen molar-refractivity contribution in [3.05, 3.63) is 62.9 Å². The van der Waals surface area contributed by atoms with Crippen LogP contribution in [0.15, 0.2) is 39.6 Å². The molecule has 0 aliphatic rings. The number of carbonyl (C=O) groups excluding carboxylic acids is 1. The van der Waals surface area contributed by atoms with Gasteiger partial charge in [-0.25, -0.2) is 0 Å².